The Kier molecular flexibility index (Phi) is 9.16. The Balaban J connectivity index is 0.000000199. The second kappa shape index (κ2) is 9.32. The van der Waals surface area contributed by atoms with E-state index < -0.39 is 6.10 Å². The molecule has 2 aliphatic rings. The summed E-state index contributed by atoms with van der Waals surface area (Å²) in [4.78, 5) is 3.48. The lowest BCUT2D eigenvalue weighted by Crippen LogP contribution is -2.17. The second-order valence-electron chi connectivity index (χ2n) is 2.89. The largest absolute Gasteiger partial charge is 0.394 e. The summed E-state index contributed by atoms with van der Waals surface area (Å²) in [5.74, 6) is 0. The van der Waals surface area contributed by atoms with Gasteiger partial charge < -0.3 is 19.7 Å². The van der Waals surface area contributed by atoms with Crippen LogP contribution >= 0.6 is 0 Å². The summed E-state index contributed by atoms with van der Waals surface area (Å²) in [7, 11) is 0. The van der Waals surface area contributed by atoms with Crippen LogP contribution in [0.25, 0.3) is 0 Å². The molecule has 2 rings (SSSR count). The third-order valence-corrected chi connectivity index (χ3v) is 1.18. The van der Waals surface area contributed by atoms with Crippen LogP contribution in [-0.2, 0) is 14.4 Å². The van der Waals surface area contributed by atoms with Crippen molar-refractivity contribution in [2.24, 2.45) is 0 Å². The molecule has 0 aromatic rings. The fraction of sp³-hybridized carbons (Fsp3) is 1.00. The van der Waals surface area contributed by atoms with E-state index in [0.717, 1.165) is 19.8 Å². The van der Waals surface area contributed by atoms with Crippen molar-refractivity contribution in [3.05, 3.63) is 0 Å². The number of aliphatic hydroxyl groups is 2. The quantitative estimate of drug-likeness (QED) is 0.322. The fourth-order valence-corrected chi connectivity index (χ4v) is 0.235. The number of rotatable bonds is 3. The lowest BCUT2D eigenvalue weighted by atomic mass is 10.4. The predicted molar refractivity (Wildman–Crippen MR) is 47.9 cm³/mol. The normalized spacial score (nSPS) is 23.6. The Hall–Kier alpha value is -0.240. The van der Waals surface area contributed by atoms with E-state index in [1.165, 1.54) is 0 Å². The highest BCUT2D eigenvalue weighted by Crippen LogP contribution is 2.04. The molecule has 0 aromatic carbocycles. The van der Waals surface area contributed by atoms with Gasteiger partial charge in [-0.1, -0.05) is 0 Å². The number of epoxide rings is 2. The third kappa shape index (κ3) is 17.7. The Morgan fingerprint density at radius 1 is 1.50 bits per heavy atom. The molecular formula is C8H18O6. The van der Waals surface area contributed by atoms with E-state index in [0.29, 0.717) is 6.10 Å². The highest BCUT2D eigenvalue weighted by molar-refractivity contribution is 4.58. The Morgan fingerprint density at radius 2 is 1.93 bits per heavy atom. The van der Waals surface area contributed by atoms with Crippen LogP contribution < -0.4 is 0 Å². The number of aliphatic hydroxyl groups excluding tert-OH is 2. The lowest BCUT2D eigenvalue weighted by Gasteiger charge is -2.00. The minimum Gasteiger partial charge on any atom is -0.394 e. The van der Waals surface area contributed by atoms with Crippen LogP contribution in [0, 0.1) is 0 Å². The zero-order valence-electron chi connectivity index (χ0n) is 8.26. The first-order chi connectivity index (χ1) is 6.70. The topological polar surface area (TPSA) is 95.0 Å². The fourth-order valence-electron chi connectivity index (χ4n) is 0.235. The van der Waals surface area contributed by atoms with Gasteiger partial charge in [0.15, 0.2) is 0 Å². The molecule has 2 aliphatic heterocycles. The standard InChI is InChI=1S/C3H8O4.C3H6O.C2H4O/c4-1-3(5)2-7-6;1-3-2-4-3;1-2-3-1/h3-6H,1-2H2;3H,2H2,1H3;1-2H2. The monoisotopic (exact) mass is 210 g/mol. The Morgan fingerprint density at radius 3 is 2.00 bits per heavy atom. The van der Waals surface area contributed by atoms with Crippen molar-refractivity contribution >= 4 is 0 Å². The molecule has 6 nitrogen and oxygen atoms in total. The van der Waals surface area contributed by atoms with Crippen molar-refractivity contribution in [2.45, 2.75) is 19.1 Å². The minimum absolute atomic E-state index is 0.240. The predicted octanol–water partition coefficient (Wildman–Crippen LogP) is -0.749. The molecular weight excluding hydrogens is 192 g/mol. The van der Waals surface area contributed by atoms with Crippen LogP contribution in [0.5, 0.6) is 0 Å². The third-order valence-electron chi connectivity index (χ3n) is 1.18. The Bertz CT molecular complexity index is 112. The van der Waals surface area contributed by atoms with Crippen molar-refractivity contribution in [1.82, 2.24) is 0 Å². The van der Waals surface area contributed by atoms with Crippen LogP contribution in [0.2, 0.25) is 0 Å². The van der Waals surface area contributed by atoms with Gasteiger partial charge in [-0.25, -0.2) is 4.89 Å². The van der Waals surface area contributed by atoms with Gasteiger partial charge in [0.2, 0.25) is 0 Å². The van der Waals surface area contributed by atoms with Gasteiger partial charge in [0, 0.05) is 0 Å². The second-order valence-corrected chi connectivity index (χ2v) is 2.89. The van der Waals surface area contributed by atoms with E-state index in [-0.39, 0.29) is 13.2 Å². The summed E-state index contributed by atoms with van der Waals surface area (Å²) < 4.78 is 9.21. The minimum atomic E-state index is -0.968. The van der Waals surface area contributed by atoms with E-state index in [2.05, 4.69) is 16.5 Å². The van der Waals surface area contributed by atoms with Crippen LogP contribution in [-0.4, -0.2) is 60.7 Å². The van der Waals surface area contributed by atoms with Gasteiger partial charge in [0.25, 0.3) is 0 Å². The molecule has 0 aromatic heterocycles. The molecule has 2 unspecified atom stereocenters. The van der Waals surface area contributed by atoms with E-state index in [1.54, 1.807) is 0 Å². The van der Waals surface area contributed by atoms with Gasteiger partial charge in [-0.3, -0.25) is 5.26 Å². The number of hydrogen-bond acceptors (Lipinski definition) is 6. The van der Waals surface area contributed by atoms with Crippen molar-refractivity contribution in [2.75, 3.05) is 33.0 Å². The van der Waals surface area contributed by atoms with Crippen LogP contribution in [0.15, 0.2) is 0 Å². The molecule has 2 atom stereocenters. The zero-order chi connectivity index (χ0) is 10.8. The van der Waals surface area contributed by atoms with Crippen molar-refractivity contribution < 1.29 is 29.8 Å². The molecule has 0 saturated carbocycles. The smallest absolute Gasteiger partial charge is 0.110 e. The van der Waals surface area contributed by atoms with Gasteiger partial charge in [-0.2, -0.15) is 0 Å². The Labute approximate surface area is 82.9 Å². The molecule has 0 aliphatic carbocycles. The summed E-state index contributed by atoms with van der Waals surface area (Å²) in [6.07, 6.45) is -0.384. The molecule has 2 fully saturated rings. The van der Waals surface area contributed by atoms with Crippen molar-refractivity contribution in [3.8, 4) is 0 Å². The highest BCUT2D eigenvalue weighted by atomic mass is 17.1. The lowest BCUT2D eigenvalue weighted by molar-refractivity contribution is -0.258. The number of hydrogen-bond donors (Lipinski definition) is 3. The molecule has 2 saturated heterocycles. The summed E-state index contributed by atoms with van der Waals surface area (Å²) in [6, 6.07) is 0. The average molecular weight is 210 g/mol. The number of ether oxygens (including phenoxy) is 2. The maximum absolute atomic E-state index is 8.32. The van der Waals surface area contributed by atoms with Gasteiger partial charge in [0.05, 0.1) is 32.5 Å². The van der Waals surface area contributed by atoms with Crippen LogP contribution in [0.1, 0.15) is 6.92 Å². The summed E-state index contributed by atoms with van der Waals surface area (Å²) in [5, 5.41) is 23.9. The van der Waals surface area contributed by atoms with Crippen molar-refractivity contribution in [3.63, 3.8) is 0 Å². The van der Waals surface area contributed by atoms with Crippen LogP contribution in [0.3, 0.4) is 0 Å². The summed E-state index contributed by atoms with van der Waals surface area (Å²) >= 11 is 0. The molecule has 6 heteroatoms. The highest BCUT2D eigenvalue weighted by Gasteiger charge is 2.13. The molecule has 2 heterocycles. The van der Waals surface area contributed by atoms with Crippen LogP contribution in [0.4, 0.5) is 0 Å². The molecule has 0 spiro atoms. The van der Waals surface area contributed by atoms with Gasteiger partial charge in [-0.05, 0) is 6.92 Å². The van der Waals surface area contributed by atoms with E-state index in [1.807, 2.05) is 0 Å². The van der Waals surface area contributed by atoms with E-state index in [4.69, 9.17) is 20.2 Å². The average Bonchev–Trinajstić information content (AvgIpc) is 3.00. The summed E-state index contributed by atoms with van der Waals surface area (Å²) in [6.45, 7) is 4.41. The molecule has 0 bridgehead atoms. The van der Waals surface area contributed by atoms with Gasteiger partial charge in [-0.15, -0.1) is 0 Å². The first-order valence-electron chi connectivity index (χ1n) is 4.45. The first kappa shape index (κ1) is 13.8. The first-order valence-corrected chi connectivity index (χ1v) is 4.45. The molecule has 86 valence electrons. The van der Waals surface area contributed by atoms with E-state index in [9.17, 15) is 0 Å². The van der Waals surface area contributed by atoms with Gasteiger partial charge in [0.1, 0.15) is 12.7 Å². The maximum atomic E-state index is 8.32. The molecule has 14 heavy (non-hydrogen) atoms. The molecule has 3 N–H and O–H groups in total. The molecule has 0 radical (unpaired) electrons. The maximum Gasteiger partial charge on any atom is 0.110 e. The van der Waals surface area contributed by atoms with E-state index >= 15 is 0 Å². The van der Waals surface area contributed by atoms with Gasteiger partial charge >= 0.3 is 0 Å². The zero-order valence-corrected chi connectivity index (χ0v) is 8.26. The summed E-state index contributed by atoms with van der Waals surface area (Å²) in [5.41, 5.74) is 0. The SMILES string of the molecule is C1CO1.CC1CO1.OCC(O)COO. The van der Waals surface area contributed by atoms with Crippen molar-refractivity contribution in [1.29, 1.82) is 0 Å². The molecule has 0 amide bonds.